The quantitative estimate of drug-likeness (QED) is 0.514. The highest BCUT2D eigenvalue weighted by Gasteiger charge is 2.31. The predicted octanol–water partition coefficient (Wildman–Crippen LogP) is 7.17. The Balaban J connectivity index is 0.000000713. The van der Waals surface area contributed by atoms with Crippen molar-refractivity contribution < 1.29 is 0 Å². The van der Waals surface area contributed by atoms with Crippen LogP contribution in [0, 0.1) is 6.92 Å². The molecule has 0 bridgehead atoms. The van der Waals surface area contributed by atoms with Crippen LogP contribution in [0.2, 0.25) is 0 Å². The van der Waals surface area contributed by atoms with E-state index in [1.807, 2.05) is 13.8 Å². The number of aryl methyl sites for hydroxylation is 2. The topological polar surface area (TPSA) is 0 Å². The van der Waals surface area contributed by atoms with Gasteiger partial charge >= 0.3 is 0 Å². The number of benzene rings is 1. The second-order valence-electron chi connectivity index (χ2n) is 6.75. The first-order valence-corrected chi connectivity index (χ1v) is 9.01. The molecule has 0 heteroatoms. The standard InChI is InChI=1S/C16H24.C3H8.C2H6/c1-6-13-10-15-14(9-12(13)3)11(2)7-8-16(15,4)5;1-3-2;1-2/h9-11H,6-8H2,1-5H3;3H2,1-2H3;1-2H3. The van der Waals surface area contributed by atoms with Crippen LogP contribution in [-0.4, -0.2) is 0 Å². The Kier molecular flexibility index (Phi) is 8.94. The highest BCUT2D eigenvalue weighted by Crippen LogP contribution is 2.43. The van der Waals surface area contributed by atoms with Crippen molar-refractivity contribution in [1.82, 2.24) is 0 Å². The van der Waals surface area contributed by atoms with Gasteiger partial charge in [-0.3, -0.25) is 0 Å². The molecule has 0 spiro atoms. The third-order valence-electron chi connectivity index (χ3n) is 4.35. The van der Waals surface area contributed by atoms with Crippen LogP contribution in [0.25, 0.3) is 0 Å². The Labute approximate surface area is 134 Å². The molecule has 0 saturated carbocycles. The van der Waals surface area contributed by atoms with E-state index in [1.54, 1.807) is 11.1 Å². The van der Waals surface area contributed by atoms with E-state index in [9.17, 15) is 0 Å². The van der Waals surface area contributed by atoms with Gasteiger partial charge in [-0.15, -0.1) is 0 Å². The summed E-state index contributed by atoms with van der Waals surface area (Å²) in [6.07, 6.45) is 5.07. The van der Waals surface area contributed by atoms with E-state index in [2.05, 4.69) is 60.6 Å². The molecule has 0 saturated heterocycles. The largest absolute Gasteiger partial charge is 0.0683 e. The van der Waals surface area contributed by atoms with Crippen molar-refractivity contribution in [3.05, 3.63) is 34.4 Å². The number of hydrogen-bond donors (Lipinski definition) is 0. The maximum absolute atomic E-state index is 2.47. The monoisotopic (exact) mass is 290 g/mol. The van der Waals surface area contributed by atoms with Crippen molar-refractivity contribution >= 4 is 0 Å². The first-order valence-electron chi connectivity index (χ1n) is 9.01. The lowest BCUT2D eigenvalue weighted by Gasteiger charge is -2.36. The number of rotatable bonds is 1. The van der Waals surface area contributed by atoms with Crippen molar-refractivity contribution in [2.24, 2.45) is 0 Å². The summed E-state index contributed by atoms with van der Waals surface area (Å²) in [4.78, 5) is 0. The van der Waals surface area contributed by atoms with Crippen LogP contribution >= 0.6 is 0 Å². The highest BCUT2D eigenvalue weighted by molar-refractivity contribution is 5.44. The second-order valence-corrected chi connectivity index (χ2v) is 6.75. The molecule has 1 aliphatic rings. The molecule has 0 nitrogen and oxygen atoms in total. The smallest absolute Gasteiger partial charge is 0.0100 e. The van der Waals surface area contributed by atoms with Gasteiger partial charge in [0.25, 0.3) is 0 Å². The van der Waals surface area contributed by atoms with Gasteiger partial charge in [-0.25, -0.2) is 0 Å². The zero-order valence-corrected chi connectivity index (χ0v) is 16.1. The molecule has 1 aromatic rings. The Morgan fingerprint density at radius 2 is 1.62 bits per heavy atom. The third kappa shape index (κ3) is 5.16. The molecule has 2 rings (SSSR count). The number of fused-ring (bicyclic) bond motifs is 1. The molecule has 1 aliphatic carbocycles. The fraction of sp³-hybridized carbons (Fsp3) is 0.714. The molecule has 0 N–H and O–H groups in total. The van der Waals surface area contributed by atoms with E-state index >= 15 is 0 Å². The van der Waals surface area contributed by atoms with Gasteiger partial charge < -0.3 is 0 Å². The molecular formula is C21H38. The molecule has 1 aromatic carbocycles. The van der Waals surface area contributed by atoms with Crippen molar-refractivity contribution in [3.8, 4) is 0 Å². The van der Waals surface area contributed by atoms with E-state index in [0.717, 1.165) is 12.3 Å². The van der Waals surface area contributed by atoms with Gasteiger partial charge in [-0.2, -0.15) is 0 Å². The van der Waals surface area contributed by atoms with Crippen LogP contribution in [0.3, 0.4) is 0 Å². The van der Waals surface area contributed by atoms with Crippen LogP contribution < -0.4 is 0 Å². The minimum atomic E-state index is 0.374. The molecule has 0 fully saturated rings. The van der Waals surface area contributed by atoms with Crippen LogP contribution in [-0.2, 0) is 11.8 Å². The van der Waals surface area contributed by atoms with E-state index < -0.39 is 0 Å². The van der Waals surface area contributed by atoms with Gasteiger partial charge in [0.15, 0.2) is 0 Å². The minimum absolute atomic E-state index is 0.374. The summed E-state index contributed by atoms with van der Waals surface area (Å²) in [5.74, 6) is 0.743. The molecule has 0 heterocycles. The van der Waals surface area contributed by atoms with E-state index in [1.165, 1.54) is 30.4 Å². The van der Waals surface area contributed by atoms with Crippen molar-refractivity contribution in [2.75, 3.05) is 0 Å². The van der Waals surface area contributed by atoms with Gasteiger partial charge in [0.1, 0.15) is 0 Å². The lowest BCUT2D eigenvalue weighted by molar-refractivity contribution is 0.402. The molecule has 0 aliphatic heterocycles. The van der Waals surface area contributed by atoms with Gasteiger partial charge in [-0.1, -0.05) is 73.9 Å². The normalized spacial score (nSPS) is 18.6. The van der Waals surface area contributed by atoms with Gasteiger partial charge in [0, 0.05) is 0 Å². The van der Waals surface area contributed by atoms with Crippen LogP contribution in [0.1, 0.15) is 103 Å². The SMILES string of the molecule is CC.CCC.CCc1cc2c(cc1C)C(C)CCC2(C)C. The van der Waals surface area contributed by atoms with Gasteiger partial charge in [0.2, 0.25) is 0 Å². The van der Waals surface area contributed by atoms with Gasteiger partial charge in [0.05, 0.1) is 0 Å². The van der Waals surface area contributed by atoms with Crippen molar-refractivity contribution in [3.63, 3.8) is 0 Å². The molecule has 1 unspecified atom stereocenters. The molecule has 1 atom stereocenters. The van der Waals surface area contributed by atoms with E-state index in [4.69, 9.17) is 0 Å². The number of hydrogen-bond acceptors (Lipinski definition) is 0. The first-order chi connectivity index (χ1) is 9.87. The van der Waals surface area contributed by atoms with Crippen LogP contribution in [0.5, 0.6) is 0 Å². The van der Waals surface area contributed by atoms with Gasteiger partial charge in [-0.05, 0) is 59.8 Å². The Morgan fingerprint density at radius 1 is 1.10 bits per heavy atom. The molecule has 0 amide bonds. The minimum Gasteiger partial charge on any atom is -0.0683 e. The highest BCUT2D eigenvalue weighted by atomic mass is 14.4. The average molecular weight is 291 g/mol. The molecule has 0 aromatic heterocycles. The van der Waals surface area contributed by atoms with Crippen LogP contribution in [0.4, 0.5) is 0 Å². The summed E-state index contributed by atoms with van der Waals surface area (Å²) in [5, 5.41) is 0. The Bertz CT molecular complexity index is 412. The zero-order valence-electron chi connectivity index (χ0n) is 16.1. The predicted molar refractivity (Wildman–Crippen MR) is 98.5 cm³/mol. The van der Waals surface area contributed by atoms with Crippen molar-refractivity contribution in [2.45, 2.75) is 99.3 Å². The summed E-state index contributed by atoms with van der Waals surface area (Å²) in [5.41, 5.74) is 6.59. The van der Waals surface area contributed by atoms with E-state index in [-0.39, 0.29) is 0 Å². The summed E-state index contributed by atoms with van der Waals surface area (Å²) in [6.45, 7) is 19.9. The lowest BCUT2D eigenvalue weighted by atomic mass is 9.68. The lowest BCUT2D eigenvalue weighted by Crippen LogP contribution is -2.26. The summed E-state index contributed by atoms with van der Waals surface area (Å²) in [6, 6.07) is 4.92. The Morgan fingerprint density at radius 3 is 2.10 bits per heavy atom. The second kappa shape index (κ2) is 9.28. The molecule has 21 heavy (non-hydrogen) atoms. The molecule has 122 valence electrons. The summed E-state index contributed by atoms with van der Waals surface area (Å²) >= 11 is 0. The van der Waals surface area contributed by atoms with Crippen LogP contribution in [0.15, 0.2) is 12.1 Å². The van der Waals surface area contributed by atoms with Crippen molar-refractivity contribution in [1.29, 1.82) is 0 Å². The molecular weight excluding hydrogens is 252 g/mol. The zero-order chi connectivity index (χ0) is 16.6. The molecule has 0 radical (unpaired) electrons. The average Bonchev–Trinajstić information content (AvgIpc) is 2.46. The first kappa shape index (κ1) is 20.2. The third-order valence-corrected chi connectivity index (χ3v) is 4.35. The fourth-order valence-corrected chi connectivity index (χ4v) is 3.02. The summed E-state index contributed by atoms with van der Waals surface area (Å²) < 4.78 is 0. The fourth-order valence-electron chi connectivity index (χ4n) is 3.02. The maximum Gasteiger partial charge on any atom is -0.0100 e. The van der Waals surface area contributed by atoms with E-state index in [0.29, 0.717) is 5.41 Å². The maximum atomic E-state index is 2.47. The summed E-state index contributed by atoms with van der Waals surface area (Å²) in [7, 11) is 0. The Hall–Kier alpha value is -0.780.